The predicted octanol–water partition coefficient (Wildman–Crippen LogP) is -2.99. The van der Waals surface area contributed by atoms with E-state index in [4.69, 9.17) is 25.5 Å². The molecule has 0 aliphatic carbocycles. The summed E-state index contributed by atoms with van der Waals surface area (Å²) in [6, 6.07) is 0. The second-order valence-corrected chi connectivity index (χ2v) is 2.79. The van der Waals surface area contributed by atoms with Crippen molar-refractivity contribution in [3.63, 3.8) is 0 Å². The van der Waals surface area contributed by atoms with Crippen LogP contribution in [0.2, 0.25) is 0 Å². The summed E-state index contributed by atoms with van der Waals surface area (Å²) in [5.74, 6) is -1.01. The summed E-state index contributed by atoms with van der Waals surface area (Å²) < 4.78 is 0. The normalized spacial score (nSPS) is 20.5. The first kappa shape index (κ1) is 12.5. The Balaban J connectivity index is 4.24. The molecule has 6 heteroatoms. The lowest BCUT2D eigenvalue weighted by molar-refractivity contribution is -0.146. The van der Waals surface area contributed by atoms with Gasteiger partial charge in [0.25, 0.3) is 0 Å². The maximum Gasteiger partial charge on any atom is 0.189 e. The van der Waals surface area contributed by atoms with Crippen molar-refractivity contribution in [2.75, 3.05) is 6.61 Å². The Kier molecular flexibility index (Phi) is 5.04. The van der Waals surface area contributed by atoms with Crippen molar-refractivity contribution >= 4 is 5.78 Å². The molecule has 0 heterocycles. The highest BCUT2D eigenvalue weighted by Gasteiger charge is 2.31. The Morgan fingerprint density at radius 3 is 1.92 bits per heavy atom. The minimum absolute atomic E-state index is 0.926. The van der Waals surface area contributed by atoms with Gasteiger partial charge >= 0.3 is 0 Å². The van der Waals surface area contributed by atoms with Gasteiger partial charge in [0, 0.05) is 0 Å². The summed E-state index contributed by atoms with van der Waals surface area (Å²) in [4.78, 5) is 10.6. The molecule has 0 spiro atoms. The molecule has 0 aromatic heterocycles. The molecular formula is C7H14O6. The first-order chi connectivity index (χ1) is 5.91. The molecule has 0 bridgehead atoms. The van der Waals surface area contributed by atoms with Crippen LogP contribution in [0.5, 0.6) is 0 Å². The zero-order valence-electron chi connectivity index (χ0n) is 7.16. The monoisotopic (exact) mass is 194 g/mol. The smallest absolute Gasteiger partial charge is 0.189 e. The molecule has 0 aliphatic heterocycles. The summed E-state index contributed by atoms with van der Waals surface area (Å²) in [5.41, 5.74) is 0. The van der Waals surface area contributed by atoms with Gasteiger partial charge in [-0.3, -0.25) is 4.79 Å². The Hall–Kier alpha value is -0.530. The van der Waals surface area contributed by atoms with Crippen LogP contribution in [0.1, 0.15) is 6.92 Å². The maximum atomic E-state index is 10.6. The van der Waals surface area contributed by atoms with E-state index in [9.17, 15) is 4.79 Å². The Morgan fingerprint density at radius 1 is 1.15 bits per heavy atom. The Bertz CT molecular complexity index is 168. The molecule has 0 rings (SSSR count). The molecule has 6 nitrogen and oxygen atoms in total. The quantitative estimate of drug-likeness (QED) is 0.318. The van der Waals surface area contributed by atoms with Crippen molar-refractivity contribution in [3.05, 3.63) is 0 Å². The third-order valence-electron chi connectivity index (χ3n) is 1.65. The number of ketones is 1. The number of aliphatic hydroxyl groups is 5. The lowest BCUT2D eigenvalue weighted by Gasteiger charge is -2.23. The molecule has 0 aromatic carbocycles. The average molecular weight is 194 g/mol. The Labute approximate surface area is 75.1 Å². The van der Waals surface area contributed by atoms with Gasteiger partial charge < -0.3 is 25.5 Å². The predicted molar refractivity (Wildman–Crippen MR) is 41.8 cm³/mol. The highest BCUT2D eigenvalue weighted by Crippen LogP contribution is 2.05. The van der Waals surface area contributed by atoms with E-state index in [1.807, 2.05) is 0 Å². The van der Waals surface area contributed by atoms with Crippen LogP contribution in [-0.4, -0.2) is 62.3 Å². The van der Waals surface area contributed by atoms with Crippen molar-refractivity contribution < 1.29 is 30.3 Å². The first-order valence-electron chi connectivity index (χ1n) is 3.77. The van der Waals surface area contributed by atoms with E-state index >= 15 is 0 Å². The number of carbonyl (C=O) groups is 1. The number of hydrogen-bond acceptors (Lipinski definition) is 6. The molecule has 0 amide bonds. The summed E-state index contributed by atoms with van der Waals surface area (Å²) in [6.07, 6.45) is -6.56. The number of hydrogen-bond donors (Lipinski definition) is 5. The molecule has 0 aromatic rings. The van der Waals surface area contributed by atoms with Crippen molar-refractivity contribution in [1.29, 1.82) is 0 Å². The first-order valence-corrected chi connectivity index (χ1v) is 3.77. The second-order valence-electron chi connectivity index (χ2n) is 2.79. The van der Waals surface area contributed by atoms with Crippen LogP contribution < -0.4 is 0 Å². The molecule has 0 saturated carbocycles. The van der Waals surface area contributed by atoms with E-state index in [1.54, 1.807) is 0 Å². The lowest BCUT2D eigenvalue weighted by Crippen LogP contribution is -2.47. The molecule has 78 valence electrons. The van der Waals surface area contributed by atoms with Crippen LogP contribution in [0.3, 0.4) is 0 Å². The summed E-state index contributed by atoms with van der Waals surface area (Å²) in [6.45, 7) is 0.273. The number of rotatable bonds is 5. The van der Waals surface area contributed by atoms with Gasteiger partial charge in [-0.05, 0) is 6.92 Å². The van der Waals surface area contributed by atoms with Gasteiger partial charge in [0.15, 0.2) is 5.78 Å². The molecule has 0 radical (unpaired) electrons. The number of aliphatic hydroxyl groups excluding tert-OH is 5. The summed E-state index contributed by atoms with van der Waals surface area (Å²) in [5, 5.41) is 44.2. The van der Waals surface area contributed by atoms with Gasteiger partial charge in [0.1, 0.15) is 24.9 Å². The fraction of sp³-hybridized carbons (Fsp3) is 0.857. The van der Waals surface area contributed by atoms with Crippen LogP contribution in [-0.2, 0) is 4.79 Å². The molecule has 0 fully saturated rings. The molecule has 4 atom stereocenters. The molecular weight excluding hydrogens is 180 g/mol. The SMILES string of the molecule is C[C@@H](O)[C@H](O)[C@@H](O)[C@H](O)C(=O)CO. The zero-order valence-corrected chi connectivity index (χ0v) is 7.16. The average Bonchev–Trinajstić information content (AvgIpc) is 2.12. The minimum atomic E-state index is -1.88. The topological polar surface area (TPSA) is 118 Å². The van der Waals surface area contributed by atoms with E-state index < -0.39 is 36.8 Å². The third-order valence-corrected chi connectivity index (χ3v) is 1.65. The van der Waals surface area contributed by atoms with E-state index in [2.05, 4.69) is 0 Å². The largest absolute Gasteiger partial charge is 0.391 e. The van der Waals surface area contributed by atoms with Gasteiger partial charge in [0.05, 0.1) is 6.10 Å². The molecule has 0 saturated heterocycles. The van der Waals surface area contributed by atoms with Crippen LogP contribution in [0.4, 0.5) is 0 Å². The Morgan fingerprint density at radius 2 is 1.62 bits per heavy atom. The van der Waals surface area contributed by atoms with Gasteiger partial charge in [-0.2, -0.15) is 0 Å². The second kappa shape index (κ2) is 5.25. The van der Waals surface area contributed by atoms with Crippen molar-refractivity contribution in [3.8, 4) is 0 Å². The number of Topliss-reactive ketones (excluding diaryl/α,β-unsaturated/α-hetero) is 1. The van der Waals surface area contributed by atoms with Gasteiger partial charge in [-0.15, -0.1) is 0 Å². The maximum absolute atomic E-state index is 10.6. The van der Waals surface area contributed by atoms with Crippen molar-refractivity contribution in [1.82, 2.24) is 0 Å². The highest BCUT2D eigenvalue weighted by molar-refractivity contribution is 5.84. The van der Waals surface area contributed by atoms with Crippen LogP contribution in [0.15, 0.2) is 0 Å². The van der Waals surface area contributed by atoms with Crippen molar-refractivity contribution in [2.45, 2.75) is 31.3 Å². The van der Waals surface area contributed by atoms with Crippen LogP contribution >= 0.6 is 0 Å². The summed E-state index contributed by atoms with van der Waals surface area (Å²) in [7, 11) is 0. The highest BCUT2D eigenvalue weighted by atomic mass is 16.4. The fourth-order valence-corrected chi connectivity index (χ4v) is 0.756. The number of carbonyl (C=O) groups excluding carboxylic acids is 1. The van der Waals surface area contributed by atoms with Crippen LogP contribution in [0.25, 0.3) is 0 Å². The lowest BCUT2D eigenvalue weighted by atomic mass is 10.0. The van der Waals surface area contributed by atoms with E-state index in [0.29, 0.717) is 0 Å². The molecule has 0 unspecified atom stereocenters. The zero-order chi connectivity index (χ0) is 10.6. The van der Waals surface area contributed by atoms with Crippen molar-refractivity contribution in [2.24, 2.45) is 0 Å². The third kappa shape index (κ3) is 3.37. The molecule has 0 aliphatic rings. The minimum Gasteiger partial charge on any atom is -0.391 e. The van der Waals surface area contributed by atoms with Gasteiger partial charge in [-0.1, -0.05) is 0 Å². The van der Waals surface area contributed by atoms with E-state index in [1.165, 1.54) is 6.92 Å². The molecule has 5 N–H and O–H groups in total. The van der Waals surface area contributed by atoms with Gasteiger partial charge in [-0.25, -0.2) is 0 Å². The van der Waals surface area contributed by atoms with Gasteiger partial charge in [0.2, 0.25) is 0 Å². The van der Waals surface area contributed by atoms with E-state index in [-0.39, 0.29) is 0 Å². The van der Waals surface area contributed by atoms with E-state index in [0.717, 1.165) is 0 Å². The summed E-state index contributed by atoms with van der Waals surface area (Å²) >= 11 is 0. The molecule has 13 heavy (non-hydrogen) atoms. The fourth-order valence-electron chi connectivity index (χ4n) is 0.756. The standard InChI is InChI=1S/C7H14O6/c1-3(9)5(11)7(13)6(12)4(10)2-8/h3,5-9,11-13H,2H2,1H3/t3-,5+,6-,7-/m1/s1. The van der Waals surface area contributed by atoms with Crippen LogP contribution in [0, 0.1) is 0 Å².